The first kappa shape index (κ1) is 20.8. The summed E-state index contributed by atoms with van der Waals surface area (Å²) in [5, 5.41) is 2.77. The van der Waals surface area contributed by atoms with Crippen LogP contribution in [0.5, 0.6) is 0 Å². The highest BCUT2D eigenvalue weighted by Gasteiger charge is 2.25. The monoisotopic (exact) mass is 417 g/mol. The number of nitrogens with zero attached hydrogens (tertiary/aromatic N) is 4. The number of likely N-dealkylation sites (tertiary alicyclic amines) is 1. The molecule has 1 aliphatic heterocycles. The minimum absolute atomic E-state index is 0.0382. The largest absolute Gasteiger partial charge is 0.337 e. The van der Waals surface area contributed by atoms with Crippen molar-refractivity contribution in [1.82, 2.24) is 19.4 Å². The standard InChI is InChI=1S/C24H27N5O2/c1-2-23(30)27-20-8-9-22(25-15-20)29-16-21(26-17-29)24(31)28-12-10-19(11-13-28)14-18-6-4-3-5-7-18/h3-9,15-17,19H,2,10-14H2,1H3,(H,27,30). The smallest absolute Gasteiger partial charge is 0.274 e. The lowest BCUT2D eigenvalue weighted by molar-refractivity contribution is -0.115. The van der Waals surface area contributed by atoms with Crippen LogP contribution < -0.4 is 5.32 Å². The van der Waals surface area contributed by atoms with Crippen LogP contribution >= 0.6 is 0 Å². The fourth-order valence-corrected chi connectivity index (χ4v) is 3.87. The van der Waals surface area contributed by atoms with Crippen LogP contribution in [0.1, 0.15) is 42.2 Å². The second-order valence-electron chi connectivity index (χ2n) is 7.90. The molecular weight excluding hydrogens is 390 g/mol. The first-order valence-corrected chi connectivity index (χ1v) is 10.8. The van der Waals surface area contributed by atoms with Crippen LogP contribution in [-0.4, -0.2) is 44.3 Å². The van der Waals surface area contributed by atoms with E-state index in [9.17, 15) is 9.59 Å². The van der Waals surface area contributed by atoms with E-state index in [-0.39, 0.29) is 11.8 Å². The van der Waals surface area contributed by atoms with Crippen LogP contribution in [0.25, 0.3) is 5.82 Å². The average Bonchev–Trinajstić information content (AvgIpc) is 3.30. The lowest BCUT2D eigenvalue weighted by Gasteiger charge is -2.31. The van der Waals surface area contributed by atoms with Gasteiger partial charge in [0, 0.05) is 25.7 Å². The van der Waals surface area contributed by atoms with Gasteiger partial charge in [0.2, 0.25) is 5.91 Å². The summed E-state index contributed by atoms with van der Waals surface area (Å²) >= 11 is 0. The van der Waals surface area contributed by atoms with E-state index in [4.69, 9.17) is 0 Å². The van der Waals surface area contributed by atoms with Crippen molar-refractivity contribution in [3.05, 3.63) is 72.4 Å². The van der Waals surface area contributed by atoms with Crippen LogP contribution in [0, 0.1) is 5.92 Å². The number of carbonyl (C=O) groups is 2. The quantitative estimate of drug-likeness (QED) is 0.663. The lowest BCUT2D eigenvalue weighted by atomic mass is 9.90. The highest BCUT2D eigenvalue weighted by molar-refractivity contribution is 5.92. The van der Waals surface area contributed by atoms with Gasteiger partial charge >= 0.3 is 0 Å². The minimum Gasteiger partial charge on any atom is -0.337 e. The average molecular weight is 418 g/mol. The number of aromatic nitrogens is 3. The van der Waals surface area contributed by atoms with Gasteiger partial charge in [0.15, 0.2) is 0 Å². The molecule has 31 heavy (non-hydrogen) atoms. The zero-order valence-corrected chi connectivity index (χ0v) is 17.7. The summed E-state index contributed by atoms with van der Waals surface area (Å²) in [4.78, 5) is 34.9. The zero-order valence-electron chi connectivity index (χ0n) is 17.7. The Morgan fingerprint density at radius 3 is 2.52 bits per heavy atom. The van der Waals surface area contributed by atoms with Crippen molar-refractivity contribution in [1.29, 1.82) is 0 Å². The number of hydrogen-bond donors (Lipinski definition) is 1. The number of nitrogens with one attached hydrogen (secondary N) is 1. The molecule has 2 amide bonds. The minimum atomic E-state index is -0.0578. The Bertz CT molecular complexity index is 1020. The number of carbonyl (C=O) groups excluding carboxylic acids is 2. The predicted octanol–water partition coefficient (Wildman–Crippen LogP) is 3.71. The maximum Gasteiger partial charge on any atom is 0.274 e. The van der Waals surface area contributed by atoms with Crippen LogP contribution in [0.2, 0.25) is 0 Å². The number of hydrogen-bond acceptors (Lipinski definition) is 4. The molecule has 0 bridgehead atoms. The normalized spacial score (nSPS) is 14.4. The molecule has 0 unspecified atom stereocenters. The summed E-state index contributed by atoms with van der Waals surface area (Å²) in [5.74, 6) is 1.16. The Hall–Kier alpha value is -3.48. The summed E-state index contributed by atoms with van der Waals surface area (Å²) in [6, 6.07) is 14.1. The third kappa shape index (κ3) is 5.17. The Kier molecular flexibility index (Phi) is 6.40. The van der Waals surface area contributed by atoms with Crippen molar-refractivity contribution in [2.45, 2.75) is 32.6 Å². The number of pyridine rings is 1. The molecule has 7 heteroatoms. The van der Waals surface area contributed by atoms with E-state index >= 15 is 0 Å². The van der Waals surface area contributed by atoms with Crippen molar-refractivity contribution in [3.63, 3.8) is 0 Å². The van der Waals surface area contributed by atoms with Gasteiger partial charge in [0.1, 0.15) is 17.8 Å². The second kappa shape index (κ2) is 9.55. The third-order valence-corrected chi connectivity index (χ3v) is 5.69. The van der Waals surface area contributed by atoms with Gasteiger partial charge in [-0.2, -0.15) is 0 Å². The Morgan fingerprint density at radius 1 is 1.06 bits per heavy atom. The molecule has 0 aliphatic carbocycles. The number of amides is 2. The molecular formula is C24H27N5O2. The van der Waals surface area contributed by atoms with Crippen molar-refractivity contribution >= 4 is 17.5 Å². The molecule has 160 valence electrons. The van der Waals surface area contributed by atoms with Gasteiger partial charge in [0.05, 0.1) is 11.9 Å². The van der Waals surface area contributed by atoms with Gasteiger partial charge in [-0.05, 0) is 42.9 Å². The predicted molar refractivity (Wildman–Crippen MR) is 119 cm³/mol. The molecule has 1 saturated heterocycles. The van der Waals surface area contributed by atoms with Crippen molar-refractivity contribution in [2.75, 3.05) is 18.4 Å². The first-order valence-electron chi connectivity index (χ1n) is 10.8. The van der Waals surface area contributed by atoms with Gasteiger partial charge < -0.3 is 10.2 Å². The molecule has 1 fully saturated rings. The van der Waals surface area contributed by atoms with E-state index in [0.717, 1.165) is 32.4 Å². The summed E-state index contributed by atoms with van der Waals surface area (Å²) < 4.78 is 1.72. The summed E-state index contributed by atoms with van der Waals surface area (Å²) in [6.45, 7) is 3.31. The first-order chi connectivity index (χ1) is 15.1. The maximum absolute atomic E-state index is 12.9. The number of imidazole rings is 1. The summed E-state index contributed by atoms with van der Waals surface area (Å²) in [7, 11) is 0. The Labute approximate surface area is 182 Å². The topological polar surface area (TPSA) is 80.1 Å². The van der Waals surface area contributed by atoms with Crippen LogP contribution in [0.4, 0.5) is 5.69 Å². The maximum atomic E-state index is 12.9. The van der Waals surface area contributed by atoms with Gasteiger partial charge in [-0.15, -0.1) is 0 Å². The van der Waals surface area contributed by atoms with Gasteiger partial charge in [-0.25, -0.2) is 9.97 Å². The fourth-order valence-electron chi connectivity index (χ4n) is 3.87. The summed E-state index contributed by atoms with van der Waals surface area (Å²) in [6.07, 6.45) is 8.41. The van der Waals surface area contributed by atoms with Crippen molar-refractivity contribution < 1.29 is 9.59 Å². The van der Waals surface area contributed by atoms with E-state index < -0.39 is 0 Å². The molecule has 0 atom stereocenters. The number of rotatable bonds is 6. The van der Waals surface area contributed by atoms with Crippen molar-refractivity contribution in [3.8, 4) is 5.82 Å². The Balaban J connectivity index is 1.34. The van der Waals surface area contributed by atoms with E-state index in [2.05, 4.69) is 39.6 Å². The van der Waals surface area contributed by atoms with E-state index in [1.807, 2.05) is 11.0 Å². The van der Waals surface area contributed by atoms with Crippen LogP contribution in [0.15, 0.2) is 61.2 Å². The number of piperidine rings is 1. The highest BCUT2D eigenvalue weighted by atomic mass is 16.2. The van der Waals surface area contributed by atoms with Gasteiger partial charge in [-0.1, -0.05) is 37.3 Å². The Morgan fingerprint density at radius 2 is 1.84 bits per heavy atom. The highest BCUT2D eigenvalue weighted by Crippen LogP contribution is 2.23. The molecule has 2 aromatic heterocycles. The molecule has 1 aliphatic rings. The SMILES string of the molecule is CCC(=O)Nc1ccc(-n2cnc(C(=O)N3CCC(Cc4ccccc4)CC3)c2)nc1. The lowest BCUT2D eigenvalue weighted by Crippen LogP contribution is -2.39. The molecule has 0 spiro atoms. The van der Waals surface area contributed by atoms with E-state index in [0.29, 0.717) is 29.5 Å². The molecule has 3 aromatic rings. The van der Waals surface area contributed by atoms with Gasteiger partial charge in [0.25, 0.3) is 5.91 Å². The molecule has 4 rings (SSSR count). The third-order valence-electron chi connectivity index (χ3n) is 5.69. The van der Waals surface area contributed by atoms with Crippen LogP contribution in [-0.2, 0) is 11.2 Å². The molecule has 7 nitrogen and oxygen atoms in total. The van der Waals surface area contributed by atoms with Crippen molar-refractivity contribution in [2.24, 2.45) is 5.92 Å². The molecule has 3 heterocycles. The summed E-state index contributed by atoms with van der Waals surface area (Å²) in [5.41, 5.74) is 2.43. The van der Waals surface area contributed by atoms with E-state index in [1.165, 1.54) is 5.56 Å². The zero-order chi connectivity index (χ0) is 21.6. The van der Waals surface area contributed by atoms with Crippen LogP contribution in [0.3, 0.4) is 0 Å². The second-order valence-corrected chi connectivity index (χ2v) is 7.90. The molecule has 1 aromatic carbocycles. The fraction of sp³-hybridized carbons (Fsp3) is 0.333. The number of anilines is 1. The molecule has 0 saturated carbocycles. The van der Waals surface area contributed by atoms with Gasteiger partial charge in [-0.3, -0.25) is 14.2 Å². The number of benzene rings is 1. The van der Waals surface area contributed by atoms with E-state index in [1.54, 1.807) is 42.3 Å². The molecule has 1 N–H and O–H groups in total. The molecule has 0 radical (unpaired) electrons.